The second-order valence-electron chi connectivity index (χ2n) is 5.83. The summed E-state index contributed by atoms with van der Waals surface area (Å²) >= 11 is 0. The van der Waals surface area contributed by atoms with Crippen LogP contribution in [0, 0.1) is 20.2 Å². The zero-order valence-electron chi connectivity index (χ0n) is 13.3. The van der Waals surface area contributed by atoms with E-state index < -0.39 is 9.85 Å². The van der Waals surface area contributed by atoms with Crippen molar-refractivity contribution in [2.45, 2.75) is 39.0 Å². The summed E-state index contributed by atoms with van der Waals surface area (Å²) in [5, 5.41) is 22.2. The lowest BCUT2D eigenvalue weighted by molar-refractivity contribution is -0.393. The number of aromatic nitrogens is 1. The van der Waals surface area contributed by atoms with E-state index in [-0.39, 0.29) is 17.1 Å². The minimum Gasteiger partial charge on any atom is -0.288 e. The number of nitro groups is 2. The molecule has 1 aromatic carbocycles. The Balaban J connectivity index is 2.04. The van der Waals surface area contributed by atoms with Gasteiger partial charge >= 0.3 is 5.69 Å². The van der Waals surface area contributed by atoms with E-state index in [2.05, 4.69) is 11.5 Å². The quantitative estimate of drug-likeness (QED) is 0.666. The number of fused-ring (bicyclic) bond motifs is 1. The number of hydrogen-bond acceptors (Lipinski definition) is 5. The van der Waals surface area contributed by atoms with Crippen molar-refractivity contribution in [3.05, 3.63) is 61.4 Å². The number of non-ortho nitro benzene ring substituents is 1. The maximum Gasteiger partial charge on any atom is 0.300 e. The van der Waals surface area contributed by atoms with E-state index >= 15 is 0 Å². The third-order valence-electron chi connectivity index (χ3n) is 4.36. The van der Waals surface area contributed by atoms with Crippen LogP contribution in [0.3, 0.4) is 0 Å². The van der Waals surface area contributed by atoms with Gasteiger partial charge in [-0.3, -0.25) is 30.3 Å². The van der Waals surface area contributed by atoms with Gasteiger partial charge in [-0.05, 0) is 49.8 Å². The lowest BCUT2D eigenvalue weighted by atomic mass is 9.98. The lowest BCUT2D eigenvalue weighted by Crippen LogP contribution is -2.18. The van der Waals surface area contributed by atoms with Gasteiger partial charge in [-0.1, -0.05) is 6.92 Å². The molecule has 0 saturated heterocycles. The molecule has 1 aliphatic rings. The number of rotatable bonds is 5. The van der Waals surface area contributed by atoms with Crippen molar-refractivity contribution < 1.29 is 9.85 Å². The molecular formula is C16H18N4O4. The SMILES string of the molecule is CCc1cc2c(n1Nc1ccc([N+](=O)[O-])cc1[N+](=O)[O-])CCCC2. The first kappa shape index (κ1) is 16.0. The molecule has 0 aliphatic heterocycles. The number of hydrogen-bond donors (Lipinski definition) is 1. The van der Waals surface area contributed by atoms with Gasteiger partial charge in [0, 0.05) is 17.5 Å². The number of aryl methyl sites for hydroxylation is 2. The van der Waals surface area contributed by atoms with E-state index in [1.165, 1.54) is 17.7 Å². The van der Waals surface area contributed by atoms with Crippen LogP contribution in [0.5, 0.6) is 0 Å². The number of benzene rings is 1. The molecule has 1 heterocycles. The average Bonchev–Trinajstić information content (AvgIpc) is 2.92. The van der Waals surface area contributed by atoms with Crippen LogP contribution in [0.4, 0.5) is 17.1 Å². The summed E-state index contributed by atoms with van der Waals surface area (Å²) in [4.78, 5) is 20.9. The zero-order valence-corrected chi connectivity index (χ0v) is 13.3. The molecule has 0 fully saturated rings. The van der Waals surface area contributed by atoms with Crippen molar-refractivity contribution in [2.75, 3.05) is 5.43 Å². The van der Waals surface area contributed by atoms with Gasteiger partial charge in [0.15, 0.2) is 0 Å². The van der Waals surface area contributed by atoms with Crippen LogP contribution in [0.2, 0.25) is 0 Å². The number of anilines is 1. The number of nitrogens with zero attached hydrogens (tertiary/aromatic N) is 3. The van der Waals surface area contributed by atoms with Gasteiger partial charge in [0.2, 0.25) is 0 Å². The molecule has 24 heavy (non-hydrogen) atoms. The van der Waals surface area contributed by atoms with Gasteiger partial charge in [0.25, 0.3) is 5.69 Å². The average molecular weight is 330 g/mol. The van der Waals surface area contributed by atoms with Crippen molar-refractivity contribution in [1.82, 2.24) is 4.68 Å². The molecule has 8 nitrogen and oxygen atoms in total. The fourth-order valence-electron chi connectivity index (χ4n) is 3.16. The van der Waals surface area contributed by atoms with E-state index in [1.54, 1.807) is 0 Å². The van der Waals surface area contributed by atoms with Gasteiger partial charge < -0.3 is 0 Å². The van der Waals surface area contributed by atoms with Gasteiger partial charge in [-0.15, -0.1) is 0 Å². The Kier molecular flexibility index (Phi) is 4.20. The van der Waals surface area contributed by atoms with Crippen molar-refractivity contribution in [1.29, 1.82) is 0 Å². The highest BCUT2D eigenvalue weighted by atomic mass is 16.6. The minimum atomic E-state index is -0.633. The lowest BCUT2D eigenvalue weighted by Gasteiger charge is -2.18. The topological polar surface area (TPSA) is 103 Å². The largest absolute Gasteiger partial charge is 0.300 e. The molecule has 0 amide bonds. The van der Waals surface area contributed by atoms with E-state index in [4.69, 9.17) is 0 Å². The van der Waals surface area contributed by atoms with Gasteiger partial charge in [0.05, 0.1) is 15.9 Å². The van der Waals surface area contributed by atoms with E-state index in [9.17, 15) is 20.2 Å². The van der Waals surface area contributed by atoms with Crippen LogP contribution < -0.4 is 5.43 Å². The van der Waals surface area contributed by atoms with Crippen molar-refractivity contribution in [3.63, 3.8) is 0 Å². The third-order valence-corrected chi connectivity index (χ3v) is 4.36. The fourth-order valence-corrected chi connectivity index (χ4v) is 3.16. The Morgan fingerprint density at radius 1 is 1.12 bits per heavy atom. The monoisotopic (exact) mass is 330 g/mol. The first-order valence-corrected chi connectivity index (χ1v) is 7.93. The highest BCUT2D eigenvalue weighted by Gasteiger charge is 2.22. The summed E-state index contributed by atoms with van der Waals surface area (Å²) in [6.07, 6.45) is 4.96. The summed E-state index contributed by atoms with van der Waals surface area (Å²) in [6.45, 7) is 2.03. The first-order chi connectivity index (χ1) is 11.5. The Labute approximate surface area is 138 Å². The summed E-state index contributed by atoms with van der Waals surface area (Å²) in [5.74, 6) is 0. The van der Waals surface area contributed by atoms with Gasteiger partial charge in [-0.2, -0.15) is 0 Å². The van der Waals surface area contributed by atoms with Gasteiger partial charge in [-0.25, -0.2) is 0 Å². The summed E-state index contributed by atoms with van der Waals surface area (Å²) in [5.41, 5.74) is 6.23. The number of nitrogens with one attached hydrogen (secondary N) is 1. The van der Waals surface area contributed by atoms with Crippen molar-refractivity contribution in [3.8, 4) is 0 Å². The molecule has 126 valence electrons. The van der Waals surface area contributed by atoms with Gasteiger partial charge in [0.1, 0.15) is 5.69 Å². The molecule has 1 aliphatic carbocycles. The molecule has 0 bridgehead atoms. The van der Waals surface area contributed by atoms with Crippen LogP contribution in [0.15, 0.2) is 24.3 Å². The molecule has 2 aromatic rings. The van der Waals surface area contributed by atoms with Crippen LogP contribution in [-0.2, 0) is 19.3 Å². The Morgan fingerprint density at radius 2 is 1.88 bits per heavy atom. The van der Waals surface area contributed by atoms with Crippen molar-refractivity contribution >= 4 is 17.1 Å². The second-order valence-corrected chi connectivity index (χ2v) is 5.83. The maximum atomic E-state index is 11.3. The van der Waals surface area contributed by atoms with Crippen LogP contribution in [-0.4, -0.2) is 14.5 Å². The van der Waals surface area contributed by atoms with E-state index in [0.29, 0.717) is 0 Å². The second kappa shape index (κ2) is 6.31. The van der Waals surface area contributed by atoms with Crippen LogP contribution >= 0.6 is 0 Å². The maximum absolute atomic E-state index is 11.3. The normalized spacial score (nSPS) is 13.4. The zero-order chi connectivity index (χ0) is 17.3. The molecule has 0 radical (unpaired) electrons. The predicted molar refractivity (Wildman–Crippen MR) is 89.2 cm³/mol. The predicted octanol–water partition coefficient (Wildman–Crippen LogP) is 3.62. The summed E-state index contributed by atoms with van der Waals surface area (Å²) in [6, 6.07) is 5.80. The Morgan fingerprint density at radius 3 is 2.54 bits per heavy atom. The highest BCUT2D eigenvalue weighted by Crippen LogP contribution is 2.31. The molecular weight excluding hydrogens is 312 g/mol. The Hall–Kier alpha value is -2.90. The standard InChI is InChI=1S/C16H18N4O4/c1-2-12-9-11-5-3-4-6-15(11)18(12)17-14-8-7-13(19(21)22)10-16(14)20(23)24/h7-10,17H,2-6H2,1H3. The first-order valence-electron chi connectivity index (χ1n) is 7.93. The molecule has 8 heteroatoms. The molecule has 0 atom stereocenters. The molecule has 0 spiro atoms. The molecule has 1 N–H and O–H groups in total. The fraction of sp³-hybridized carbons (Fsp3) is 0.375. The van der Waals surface area contributed by atoms with E-state index in [0.717, 1.165) is 49.6 Å². The van der Waals surface area contributed by atoms with Crippen LogP contribution in [0.25, 0.3) is 0 Å². The molecule has 1 aromatic heterocycles. The molecule has 3 rings (SSSR count). The van der Waals surface area contributed by atoms with Crippen LogP contribution in [0.1, 0.15) is 36.7 Å². The summed E-state index contributed by atoms with van der Waals surface area (Å²) in [7, 11) is 0. The summed E-state index contributed by atoms with van der Waals surface area (Å²) < 4.78 is 1.91. The number of nitro benzene ring substituents is 2. The smallest absolute Gasteiger partial charge is 0.288 e. The highest BCUT2D eigenvalue weighted by molar-refractivity contribution is 5.65. The Bertz CT molecular complexity index is 813. The third kappa shape index (κ3) is 2.82. The minimum absolute atomic E-state index is 0.254. The van der Waals surface area contributed by atoms with Crippen molar-refractivity contribution in [2.24, 2.45) is 0 Å². The molecule has 0 unspecified atom stereocenters. The van der Waals surface area contributed by atoms with E-state index in [1.807, 2.05) is 11.6 Å². The molecule has 0 saturated carbocycles.